The lowest BCUT2D eigenvalue weighted by atomic mass is 9.92. The number of hydrogen-bond donors (Lipinski definition) is 1. The molecule has 0 amide bonds. The molecule has 3 heteroatoms. The number of likely N-dealkylation sites (tertiary alicyclic amines) is 1. The molecular weight excluding hydrogens is 198 g/mol. The predicted molar refractivity (Wildman–Crippen MR) is 70.8 cm³/mol. The lowest BCUT2D eigenvalue weighted by molar-refractivity contribution is 0.225. The van der Waals surface area contributed by atoms with Gasteiger partial charge < -0.3 is 15.1 Å². The van der Waals surface area contributed by atoms with E-state index in [-0.39, 0.29) is 0 Å². The summed E-state index contributed by atoms with van der Waals surface area (Å²) in [5.41, 5.74) is 0.355. The van der Waals surface area contributed by atoms with Crippen LogP contribution in [0.25, 0.3) is 0 Å². The van der Waals surface area contributed by atoms with E-state index in [0.717, 1.165) is 19.1 Å². The highest BCUT2D eigenvalue weighted by molar-refractivity contribution is 4.87. The summed E-state index contributed by atoms with van der Waals surface area (Å²) in [6.45, 7) is 10.4. The Morgan fingerprint density at radius 1 is 1.38 bits per heavy atom. The van der Waals surface area contributed by atoms with Crippen molar-refractivity contribution in [1.82, 2.24) is 15.1 Å². The molecule has 0 radical (unpaired) electrons. The predicted octanol–water partition coefficient (Wildman–Crippen LogP) is 1.26. The number of hydrogen-bond acceptors (Lipinski definition) is 3. The van der Waals surface area contributed by atoms with Crippen molar-refractivity contribution in [3.63, 3.8) is 0 Å². The first-order chi connectivity index (χ1) is 7.30. The standard InChI is InChI=1S/C13H29N3/c1-11-7-12(8-16(11)6)14-9-13(2,3)10-15(4)5/h11-12,14H,7-10H2,1-6H3. The van der Waals surface area contributed by atoms with Crippen molar-refractivity contribution in [1.29, 1.82) is 0 Å². The summed E-state index contributed by atoms with van der Waals surface area (Å²) in [4.78, 5) is 4.71. The van der Waals surface area contributed by atoms with Crippen molar-refractivity contribution < 1.29 is 0 Å². The van der Waals surface area contributed by atoms with Crippen molar-refractivity contribution in [3.8, 4) is 0 Å². The van der Waals surface area contributed by atoms with Crippen LogP contribution in [0.2, 0.25) is 0 Å². The molecule has 1 fully saturated rings. The molecular formula is C13H29N3. The highest BCUT2D eigenvalue weighted by Gasteiger charge is 2.27. The second-order valence-electron chi connectivity index (χ2n) is 6.50. The van der Waals surface area contributed by atoms with Gasteiger partial charge in [-0.25, -0.2) is 0 Å². The van der Waals surface area contributed by atoms with Crippen molar-refractivity contribution in [2.75, 3.05) is 40.8 Å². The molecule has 16 heavy (non-hydrogen) atoms. The molecule has 0 aromatic heterocycles. The summed E-state index contributed by atoms with van der Waals surface area (Å²) in [6.07, 6.45) is 1.29. The van der Waals surface area contributed by atoms with Gasteiger partial charge in [-0.1, -0.05) is 13.8 Å². The monoisotopic (exact) mass is 227 g/mol. The number of rotatable bonds is 5. The third-order valence-corrected chi connectivity index (χ3v) is 3.50. The number of nitrogens with zero attached hydrogens (tertiary/aromatic N) is 2. The molecule has 1 saturated heterocycles. The highest BCUT2D eigenvalue weighted by atomic mass is 15.2. The van der Waals surface area contributed by atoms with Gasteiger partial charge in [0, 0.05) is 31.7 Å². The van der Waals surface area contributed by atoms with E-state index in [2.05, 4.69) is 57.0 Å². The Labute approximate surface area is 101 Å². The first kappa shape index (κ1) is 13.9. The van der Waals surface area contributed by atoms with Crippen molar-refractivity contribution in [2.24, 2.45) is 5.41 Å². The van der Waals surface area contributed by atoms with Gasteiger partial charge in [-0.2, -0.15) is 0 Å². The van der Waals surface area contributed by atoms with Crippen molar-refractivity contribution in [3.05, 3.63) is 0 Å². The Bertz CT molecular complexity index is 203. The van der Waals surface area contributed by atoms with Gasteiger partial charge in [-0.05, 0) is 39.9 Å². The second-order valence-corrected chi connectivity index (χ2v) is 6.50. The van der Waals surface area contributed by atoms with Crippen LogP contribution in [-0.4, -0.2) is 62.7 Å². The van der Waals surface area contributed by atoms with Gasteiger partial charge in [-0.3, -0.25) is 0 Å². The quantitative estimate of drug-likeness (QED) is 0.763. The number of likely N-dealkylation sites (N-methyl/N-ethyl adjacent to an activating group) is 1. The zero-order chi connectivity index (χ0) is 12.3. The average molecular weight is 227 g/mol. The molecule has 1 aliphatic rings. The Morgan fingerprint density at radius 3 is 2.44 bits per heavy atom. The molecule has 2 atom stereocenters. The number of nitrogens with one attached hydrogen (secondary N) is 1. The lowest BCUT2D eigenvalue weighted by Crippen LogP contribution is -2.42. The maximum Gasteiger partial charge on any atom is 0.0210 e. The third-order valence-electron chi connectivity index (χ3n) is 3.50. The van der Waals surface area contributed by atoms with Crippen LogP contribution in [0.4, 0.5) is 0 Å². The molecule has 0 aromatic rings. The summed E-state index contributed by atoms with van der Waals surface area (Å²) < 4.78 is 0. The van der Waals surface area contributed by atoms with Crippen LogP contribution in [0.15, 0.2) is 0 Å². The molecule has 0 bridgehead atoms. The van der Waals surface area contributed by atoms with Gasteiger partial charge in [0.2, 0.25) is 0 Å². The van der Waals surface area contributed by atoms with Crippen LogP contribution in [-0.2, 0) is 0 Å². The molecule has 1 N–H and O–H groups in total. The SMILES string of the molecule is CC1CC(NCC(C)(C)CN(C)C)CN1C. The minimum Gasteiger partial charge on any atom is -0.312 e. The van der Waals surface area contributed by atoms with Crippen LogP contribution in [0.5, 0.6) is 0 Å². The summed E-state index contributed by atoms with van der Waals surface area (Å²) >= 11 is 0. The van der Waals surface area contributed by atoms with E-state index >= 15 is 0 Å². The van der Waals surface area contributed by atoms with Gasteiger partial charge >= 0.3 is 0 Å². The van der Waals surface area contributed by atoms with E-state index < -0.39 is 0 Å². The Hall–Kier alpha value is -0.120. The zero-order valence-electron chi connectivity index (χ0n) is 11.9. The first-order valence-corrected chi connectivity index (χ1v) is 6.38. The molecule has 0 saturated carbocycles. The molecule has 0 aliphatic carbocycles. The van der Waals surface area contributed by atoms with E-state index in [1.54, 1.807) is 0 Å². The van der Waals surface area contributed by atoms with Gasteiger partial charge in [0.25, 0.3) is 0 Å². The van der Waals surface area contributed by atoms with Crippen molar-refractivity contribution >= 4 is 0 Å². The van der Waals surface area contributed by atoms with E-state index in [4.69, 9.17) is 0 Å². The van der Waals surface area contributed by atoms with Gasteiger partial charge in [-0.15, -0.1) is 0 Å². The van der Waals surface area contributed by atoms with Gasteiger partial charge in [0.05, 0.1) is 0 Å². The first-order valence-electron chi connectivity index (χ1n) is 6.38. The molecule has 1 heterocycles. The smallest absolute Gasteiger partial charge is 0.0210 e. The van der Waals surface area contributed by atoms with Gasteiger partial charge in [0.15, 0.2) is 0 Å². The summed E-state index contributed by atoms with van der Waals surface area (Å²) in [6, 6.07) is 1.41. The summed E-state index contributed by atoms with van der Waals surface area (Å²) in [5, 5.41) is 3.72. The van der Waals surface area contributed by atoms with Crippen molar-refractivity contribution in [2.45, 2.75) is 39.3 Å². The van der Waals surface area contributed by atoms with Crippen LogP contribution in [0, 0.1) is 5.41 Å². The molecule has 1 rings (SSSR count). The Morgan fingerprint density at radius 2 is 2.00 bits per heavy atom. The van der Waals surface area contributed by atoms with E-state index in [9.17, 15) is 0 Å². The molecule has 3 nitrogen and oxygen atoms in total. The van der Waals surface area contributed by atoms with Crippen LogP contribution in [0.3, 0.4) is 0 Å². The molecule has 96 valence electrons. The van der Waals surface area contributed by atoms with E-state index in [1.807, 2.05) is 0 Å². The average Bonchev–Trinajstić information content (AvgIpc) is 2.41. The van der Waals surface area contributed by atoms with Crippen LogP contribution in [0.1, 0.15) is 27.2 Å². The maximum absolute atomic E-state index is 3.72. The molecule has 2 unspecified atom stereocenters. The zero-order valence-corrected chi connectivity index (χ0v) is 11.9. The van der Waals surface area contributed by atoms with Gasteiger partial charge in [0.1, 0.15) is 0 Å². The maximum atomic E-state index is 3.72. The molecule has 1 aliphatic heterocycles. The van der Waals surface area contributed by atoms with E-state index in [1.165, 1.54) is 13.0 Å². The fourth-order valence-electron chi connectivity index (χ4n) is 2.67. The fourth-order valence-corrected chi connectivity index (χ4v) is 2.67. The highest BCUT2D eigenvalue weighted by Crippen LogP contribution is 2.18. The minimum atomic E-state index is 0.355. The summed E-state index contributed by atoms with van der Waals surface area (Å²) in [5.74, 6) is 0. The normalized spacial score (nSPS) is 27.9. The fraction of sp³-hybridized carbons (Fsp3) is 1.00. The Kier molecular flexibility index (Phi) is 4.77. The topological polar surface area (TPSA) is 18.5 Å². The van der Waals surface area contributed by atoms with E-state index in [0.29, 0.717) is 11.5 Å². The minimum absolute atomic E-state index is 0.355. The lowest BCUT2D eigenvalue weighted by Gasteiger charge is -2.30. The van der Waals surface area contributed by atoms with Crippen LogP contribution < -0.4 is 5.32 Å². The largest absolute Gasteiger partial charge is 0.312 e. The molecule has 0 spiro atoms. The van der Waals surface area contributed by atoms with Crippen LogP contribution >= 0.6 is 0 Å². The second kappa shape index (κ2) is 5.48. The third kappa shape index (κ3) is 4.40. The summed E-state index contributed by atoms with van der Waals surface area (Å²) in [7, 11) is 6.51. The molecule has 0 aromatic carbocycles. The Balaban J connectivity index is 2.29.